The molecule has 1 aromatic carbocycles. The molecule has 1 rings (SSSR count). The number of amides is 1. The van der Waals surface area contributed by atoms with E-state index in [1.54, 1.807) is 38.1 Å². The van der Waals surface area contributed by atoms with E-state index in [0.717, 1.165) is 0 Å². The molecular formula is C13H18N2O3. The standard InChI is InChI=1S/C13H18N2O3/c1-13(2,12(14)18)8-15-7-9-5-3-4-6-10(9)11(16)17/h3-6,15H,7-8H2,1-2H3,(H2,14,18)(H,16,17). The molecule has 5 nitrogen and oxygen atoms in total. The Morgan fingerprint density at radius 3 is 2.50 bits per heavy atom. The Labute approximate surface area is 106 Å². The summed E-state index contributed by atoms with van der Waals surface area (Å²) in [5.74, 6) is -1.34. The molecule has 5 heteroatoms. The number of hydrogen-bond donors (Lipinski definition) is 3. The van der Waals surface area contributed by atoms with Crippen molar-refractivity contribution in [3.05, 3.63) is 35.4 Å². The van der Waals surface area contributed by atoms with E-state index in [1.165, 1.54) is 0 Å². The van der Waals surface area contributed by atoms with Crippen molar-refractivity contribution in [2.45, 2.75) is 20.4 Å². The SMILES string of the molecule is CC(C)(CNCc1ccccc1C(=O)O)C(N)=O. The molecule has 0 saturated heterocycles. The van der Waals surface area contributed by atoms with Gasteiger partial charge in [-0.25, -0.2) is 4.79 Å². The van der Waals surface area contributed by atoms with E-state index in [-0.39, 0.29) is 11.5 Å². The van der Waals surface area contributed by atoms with Crippen LogP contribution >= 0.6 is 0 Å². The lowest BCUT2D eigenvalue weighted by Gasteiger charge is -2.21. The topological polar surface area (TPSA) is 92.4 Å². The second-order valence-electron chi connectivity index (χ2n) is 4.81. The number of benzene rings is 1. The van der Waals surface area contributed by atoms with E-state index in [2.05, 4.69) is 5.32 Å². The van der Waals surface area contributed by atoms with Crippen LogP contribution in [0.5, 0.6) is 0 Å². The molecule has 0 aliphatic heterocycles. The zero-order valence-corrected chi connectivity index (χ0v) is 10.6. The van der Waals surface area contributed by atoms with E-state index < -0.39 is 11.4 Å². The van der Waals surface area contributed by atoms with Gasteiger partial charge in [0.05, 0.1) is 11.0 Å². The molecule has 0 radical (unpaired) electrons. The summed E-state index contributed by atoms with van der Waals surface area (Å²) in [5, 5.41) is 12.1. The Morgan fingerprint density at radius 2 is 1.94 bits per heavy atom. The van der Waals surface area contributed by atoms with E-state index in [9.17, 15) is 9.59 Å². The fourth-order valence-corrected chi connectivity index (χ4v) is 1.48. The van der Waals surface area contributed by atoms with Crippen LogP contribution in [0.4, 0.5) is 0 Å². The zero-order chi connectivity index (χ0) is 13.8. The Morgan fingerprint density at radius 1 is 1.33 bits per heavy atom. The number of nitrogens with one attached hydrogen (secondary N) is 1. The maximum Gasteiger partial charge on any atom is 0.336 e. The van der Waals surface area contributed by atoms with Crippen LogP contribution in [0.25, 0.3) is 0 Å². The second-order valence-corrected chi connectivity index (χ2v) is 4.81. The summed E-state index contributed by atoms with van der Waals surface area (Å²) in [7, 11) is 0. The number of carbonyl (C=O) groups excluding carboxylic acids is 1. The molecule has 0 bridgehead atoms. The first-order valence-electron chi connectivity index (χ1n) is 5.66. The van der Waals surface area contributed by atoms with Gasteiger partial charge < -0.3 is 16.2 Å². The number of nitrogens with two attached hydrogens (primary N) is 1. The summed E-state index contributed by atoms with van der Waals surface area (Å²) in [6.07, 6.45) is 0. The van der Waals surface area contributed by atoms with Crippen LogP contribution in [0.2, 0.25) is 0 Å². The fourth-order valence-electron chi connectivity index (χ4n) is 1.48. The van der Waals surface area contributed by atoms with Gasteiger partial charge in [-0.3, -0.25) is 4.79 Å². The molecule has 0 aliphatic carbocycles. The van der Waals surface area contributed by atoms with Crippen molar-refractivity contribution in [2.24, 2.45) is 11.1 Å². The predicted octanol–water partition coefficient (Wildman–Crippen LogP) is 0.986. The molecule has 0 spiro atoms. The number of primary amides is 1. The number of rotatable bonds is 6. The highest BCUT2D eigenvalue weighted by Crippen LogP contribution is 2.13. The zero-order valence-electron chi connectivity index (χ0n) is 10.6. The van der Waals surface area contributed by atoms with Gasteiger partial charge in [0.1, 0.15) is 0 Å². The van der Waals surface area contributed by atoms with Crippen LogP contribution in [-0.4, -0.2) is 23.5 Å². The highest BCUT2D eigenvalue weighted by atomic mass is 16.4. The number of carboxylic acids is 1. The van der Waals surface area contributed by atoms with Crippen LogP contribution < -0.4 is 11.1 Å². The summed E-state index contributed by atoms with van der Waals surface area (Å²) < 4.78 is 0. The third kappa shape index (κ3) is 3.56. The molecule has 0 fully saturated rings. The van der Waals surface area contributed by atoms with E-state index >= 15 is 0 Å². The minimum Gasteiger partial charge on any atom is -0.478 e. The summed E-state index contributed by atoms with van der Waals surface area (Å²) in [4.78, 5) is 22.1. The summed E-state index contributed by atoms with van der Waals surface area (Å²) in [6.45, 7) is 4.27. The minimum atomic E-state index is -0.957. The molecule has 0 saturated carbocycles. The molecule has 98 valence electrons. The highest BCUT2D eigenvalue weighted by Gasteiger charge is 2.24. The monoisotopic (exact) mass is 250 g/mol. The second kappa shape index (κ2) is 5.64. The third-order valence-electron chi connectivity index (χ3n) is 2.80. The molecule has 1 amide bonds. The van der Waals surface area contributed by atoms with Gasteiger partial charge in [-0.2, -0.15) is 0 Å². The Balaban J connectivity index is 2.65. The van der Waals surface area contributed by atoms with Gasteiger partial charge in [0.2, 0.25) is 5.91 Å². The first kappa shape index (κ1) is 14.2. The third-order valence-corrected chi connectivity index (χ3v) is 2.80. The number of hydrogen-bond acceptors (Lipinski definition) is 3. The maximum absolute atomic E-state index is 11.1. The fraction of sp³-hybridized carbons (Fsp3) is 0.385. The van der Waals surface area contributed by atoms with Crippen LogP contribution in [-0.2, 0) is 11.3 Å². The molecular weight excluding hydrogens is 232 g/mol. The van der Waals surface area contributed by atoms with Crippen molar-refractivity contribution in [1.82, 2.24) is 5.32 Å². The molecule has 0 aliphatic rings. The van der Waals surface area contributed by atoms with Crippen molar-refractivity contribution in [3.8, 4) is 0 Å². The van der Waals surface area contributed by atoms with Crippen LogP contribution in [0.1, 0.15) is 29.8 Å². The van der Waals surface area contributed by atoms with E-state index in [1.807, 2.05) is 0 Å². The van der Waals surface area contributed by atoms with Gasteiger partial charge in [0.25, 0.3) is 0 Å². The lowest BCUT2D eigenvalue weighted by atomic mass is 9.92. The van der Waals surface area contributed by atoms with Crippen molar-refractivity contribution < 1.29 is 14.7 Å². The molecule has 0 aromatic heterocycles. The smallest absolute Gasteiger partial charge is 0.336 e. The first-order chi connectivity index (χ1) is 8.34. The number of carbonyl (C=O) groups is 2. The average Bonchev–Trinajstić information content (AvgIpc) is 2.29. The van der Waals surface area contributed by atoms with E-state index in [0.29, 0.717) is 18.7 Å². The van der Waals surface area contributed by atoms with Gasteiger partial charge >= 0.3 is 5.97 Å². The minimum absolute atomic E-state index is 0.266. The summed E-state index contributed by atoms with van der Waals surface area (Å²) in [6, 6.07) is 6.76. The molecule has 4 N–H and O–H groups in total. The van der Waals surface area contributed by atoms with Crippen LogP contribution in [0, 0.1) is 5.41 Å². The lowest BCUT2D eigenvalue weighted by Crippen LogP contribution is -2.40. The molecule has 0 heterocycles. The van der Waals surface area contributed by atoms with Gasteiger partial charge in [-0.1, -0.05) is 18.2 Å². The molecule has 18 heavy (non-hydrogen) atoms. The summed E-state index contributed by atoms with van der Waals surface area (Å²) in [5.41, 5.74) is 5.55. The van der Waals surface area contributed by atoms with Crippen molar-refractivity contribution >= 4 is 11.9 Å². The Kier molecular flexibility index (Phi) is 4.44. The molecule has 0 unspecified atom stereocenters. The quantitative estimate of drug-likeness (QED) is 0.702. The van der Waals surface area contributed by atoms with Crippen molar-refractivity contribution in [1.29, 1.82) is 0 Å². The lowest BCUT2D eigenvalue weighted by molar-refractivity contribution is -0.125. The van der Waals surface area contributed by atoms with Crippen LogP contribution in [0.15, 0.2) is 24.3 Å². The van der Waals surface area contributed by atoms with Crippen molar-refractivity contribution in [2.75, 3.05) is 6.54 Å². The van der Waals surface area contributed by atoms with Gasteiger partial charge in [0.15, 0.2) is 0 Å². The largest absolute Gasteiger partial charge is 0.478 e. The van der Waals surface area contributed by atoms with Gasteiger partial charge in [-0.15, -0.1) is 0 Å². The highest BCUT2D eigenvalue weighted by molar-refractivity contribution is 5.89. The number of carboxylic acid groups (broad SMARTS) is 1. The summed E-state index contributed by atoms with van der Waals surface area (Å²) >= 11 is 0. The Hall–Kier alpha value is -1.88. The molecule has 1 aromatic rings. The average molecular weight is 250 g/mol. The van der Waals surface area contributed by atoms with Gasteiger partial charge in [0, 0.05) is 13.1 Å². The van der Waals surface area contributed by atoms with Crippen molar-refractivity contribution in [3.63, 3.8) is 0 Å². The predicted molar refractivity (Wildman–Crippen MR) is 68.1 cm³/mol. The normalized spacial score (nSPS) is 11.2. The Bertz CT molecular complexity index is 455. The van der Waals surface area contributed by atoms with Gasteiger partial charge in [-0.05, 0) is 25.5 Å². The first-order valence-corrected chi connectivity index (χ1v) is 5.66. The molecule has 0 atom stereocenters. The van der Waals surface area contributed by atoms with Crippen LogP contribution in [0.3, 0.4) is 0 Å². The maximum atomic E-state index is 11.1. The number of aromatic carboxylic acids is 1. The van der Waals surface area contributed by atoms with E-state index in [4.69, 9.17) is 10.8 Å².